The van der Waals surface area contributed by atoms with Crippen LogP contribution < -0.4 is 16.2 Å². The molecule has 31 heavy (non-hydrogen) atoms. The summed E-state index contributed by atoms with van der Waals surface area (Å²) in [6.45, 7) is 7.71. The van der Waals surface area contributed by atoms with Crippen LogP contribution in [0.25, 0.3) is 11.8 Å². The fourth-order valence-corrected chi connectivity index (χ4v) is 3.82. The molecule has 3 aromatic rings. The van der Waals surface area contributed by atoms with Crippen molar-refractivity contribution in [2.24, 2.45) is 0 Å². The topological polar surface area (TPSA) is 84.7 Å². The minimum Gasteiger partial charge on any atom is -0.358 e. The van der Waals surface area contributed by atoms with Crippen LogP contribution in [-0.2, 0) is 6.42 Å². The van der Waals surface area contributed by atoms with Gasteiger partial charge in [0.15, 0.2) is 5.82 Å². The fraction of sp³-hybridized carbons (Fsp3) is 0.250. The van der Waals surface area contributed by atoms with E-state index in [4.69, 9.17) is 4.98 Å². The second kappa shape index (κ2) is 8.95. The van der Waals surface area contributed by atoms with E-state index in [9.17, 15) is 4.79 Å². The molecule has 1 aliphatic rings. The van der Waals surface area contributed by atoms with Gasteiger partial charge in [-0.3, -0.25) is 9.36 Å². The van der Waals surface area contributed by atoms with E-state index in [2.05, 4.69) is 40.2 Å². The van der Waals surface area contributed by atoms with Crippen molar-refractivity contribution in [3.63, 3.8) is 0 Å². The number of hydrogen-bond acceptors (Lipinski definition) is 6. The second-order valence-corrected chi connectivity index (χ2v) is 7.39. The molecular weight excluding hydrogens is 388 g/mol. The van der Waals surface area contributed by atoms with Crippen molar-refractivity contribution in [3.8, 4) is 5.69 Å². The SMILES string of the molecule is C=CNc1c(C)ncnc1NC(CC)c1nc2c(c(=O)n1-c1ccccc1)CCC=C2. The van der Waals surface area contributed by atoms with E-state index in [1.165, 1.54) is 6.33 Å². The van der Waals surface area contributed by atoms with Gasteiger partial charge >= 0.3 is 0 Å². The van der Waals surface area contributed by atoms with Crippen molar-refractivity contribution in [2.45, 2.75) is 39.2 Å². The lowest BCUT2D eigenvalue weighted by Crippen LogP contribution is -2.32. The first-order valence-corrected chi connectivity index (χ1v) is 10.5. The van der Waals surface area contributed by atoms with Gasteiger partial charge in [-0.05, 0) is 50.6 Å². The normalized spacial score (nSPS) is 13.4. The summed E-state index contributed by atoms with van der Waals surface area (Å²) >= 11 is 0. The lowest BCUT2D eigenvalue weighted by atomic mass is 10.0. The molecule has 2 heterocycles. The largest absolute Gasteiger partial charge is 0.358 e. The molecule has 0 amide bonds. The van der Waals surface area contributed by atoms with Crippen LogP contribution in [0, 0.1) is 6.92 Å². The maximum atomic E-state index is 13.5. The Morgan fingerprint density at radius 1 is 1.26 bits per heavy atom. The lowest BCUT2D eigenvalue weighted by Gasteiger charge is -2.24. The van der Waals surface area contributed by atoms with E-state index in [1.807, 2.05) is 43.3 Å². The van der Waals surface area contributed by atoms with Gasteiger partial charge in [-0.15, -0.1) is 0 Å². The average Bonchev–Trinajstić information content (AvgIpc) is 2.80. The third-order valence-electron chi connectivity index (χ3n) is 5.40. The summed E-state index contributed by atoms with van der Waals surface area (Å²) in [4.78, 5) is 27.2. The van der Waals surface area contributed by atoms with Crippen LogP contribution in [0.15, 0.2) is 60.3 Å². The summed E-state index contributed by atoms with van der Waals surface area (Å²) in [6.07, 6.45) is 9.40. The standard InChI is InChI=1S/C24H26N6O/c1-4-19(28-22-21(25-5-2)16(3)26-15-27-22)23-29-20-14-10-9-13-18(20)24(31)30(23)17-11-7-6-8-12-17/h5-8,10-12,14-15,19,25H,2,4,9,13H2,1,3H3,(H,26,27,28). The van der Waals surface area contributed by atoms with E-state index in [0.717, 1.165) is 34.7 Å². The molecule has 7 heteroatoms. The summed E-state index contributed by atoms with van der Waals surface area (Å²) in [7, 11) is 0. The first-order valence-electron chi connectivity index (χ1n) is 10.5. The predicted octanol–water partition coefficient (Wildman–Crippen LogP) is 4.41. The number of rotatable bonds is 7. The van der Waals surface area contributed by atoms with Crippen molar-refractivity contribution in [3.05, 3.63) is 88.6 Å². The third kappa shape index (κ3) is 3.99. The van der Waals surface area contributed by atoms with Crippen molar-refractivity contribution in [1.82, 2.24) is 19.5 Å². The highest BCUT2D eigenvalue weighted by Gasteiger charge is 2.24. The van der Waals surface area contributed by atoms with E-state index in [-0.39, 0.29) is 11.6 Å². The Labute approximate surface area is 181 Å². The Morgan fingerprint density at radius 3 is 2.81 bits per heavy atom. The van der Waals surface area contributed by atoms with Gasteiger partial charge in [-0.25, -0.2) is 15.0 Å². The molecule has 0 saturated carbocycles. The van der Waals surface area contributed by atoms with E-state index in [1.54, 1.807) is 10.8 Å². The molecule has 158 valence electrons. The van der Waals surface area contributed by atoms with E-state index in [0.29, 0.717) is 24.5 Å². The molecule has 4 rings (SSSR count). The van der Waals surface area contributed by atoms with E-state index < -0.39 is 0 Å². The first-order chi connectivity index (χ1) is 15.1. The number of nitrogens with one attached hydrogen (secondary N) is 2. The molecule has 1 atom stereocenters. The Bertz CT molecular complexity index is 1180. The number of hydrogen-bond donors (Lipinski definition) is 2. The number of aryl methyl sites for hydroxylation is 1. The zero-order valence-electron chi connectivity index (χ0n) is 17.8. The van der Waals surface area contributed by atoms with Crippen LogP contribution in [0.3, 0.4) is 0 Å². The number of nitrogens with zero attached hydrogens (tertiary/aromatic N) is 4. The lowest BCUT2D eigenvalue weighted by molar-refractivity contribution is 0.642. The minimum absolute atomic E-state index is 0.0147. The Morgan fingerprint density at radius 2 is 2.06 bits per heavy atom. The number of anilines is 2. The Hall–Kier alpha value is -3.74. The molecule has 0 spiro atoms. The minimum atomic E-state index is -0.242. The monoisotopic (exact) mass is 414 g/mol. The summed E-state index contributed by atoms with van der Waals surface area (Å²) in [5.74, 6) is 1.30. The molecule has 7 nitrogen and oxygen atoms in total. The quantitative estimate of drug-likeness (QED) is 0.596. The molecule has 0 saturated heterocycles. The second-order valence-electron chi connectivity index (χ2n) is 7.39. The summed E-state index contributed by atoms with van der Waals surface area (Å²) in [5, 5.41) is 6.58. The zero-order valence-corrected chi connectivity index (χ0v) is 17.8. The van der Waals surface area contributed by atoms with Crippen LogP contribution >= 0.6 is 0 Å². The van der Waals surface area contributed by atoms with Gasteiger partial charge in [0.25, 0.3) is 5.56 Å². The number of para-hydroxylation sites is 1. The predicted molar refractivity (Wildman–Crippen MR) is 124 cm³/mol. The number of aromatic nitrogens is 4. The number of allylic oxidation sites excluding steroid dienone is 1. The van der Waals surface area contributed by atoms with Crippen LogP contribution in [0.4, 0.5) is 11.5 Å². The van der Waals surface area contributed by atoms with Gasteiger partial charge in [-0.2, -0.15) is 0 Å². The van der Waals surface area contributed by atoms with Crippen LogP contribution in [0.1, 0.15) is 48.6 Å². The number of benzene rings is 1. The molecule has 1 aliphatic carbocycles. The summed E-state index contributed by atoms with van der Waals surface area (Å²) in [6, 6.07) is 9.43. The van der Waals surface area contributed by atoms with Gasteiger partial charge in [0, 0.05) is 5.56 Å². The molecule has 0 bridgehead atoms. The van der Waals surface area contributed by atoms with Gasteiger partial charge < -0.3 is 10.6 Å². The molecule has 2 aromatic heterocycles. The summed E-state index contributed by atoms with van der Waals surface area (Å²) in [5.41, 5.74) is 3.85. The van der Waals surface area contributed by atoms with Crippen molar-refractivity contribution in [1.29, 1.82) is 0 Å². The molecular formula is C24H26N6O. The number of fused-ring (bicyclic) bond motifs is 1. The third-order valence-corrected chi connectivity index (χ3v) is 5.40. The van der Waals surface area contributed by atoms with Gasteiger partial charge in [-0.1, -0.05) is 37.8 Å². The van der Waals surface area contributed by atoms with Gasteiger partial charge in [0.1, 0.15) is 17.8 Å². The maximum Gasteiger partial charge on any atom is 0.261 e. The Kier molecular flexibility index (Phi) is 5.93. The highest BCUT2D eigenvalue weighted by Crippen LogP contribution is 2.29. The highest BCUT2D eigenvalue weighted by molar-refractivity contribution is 5.68. The van der Waals surface area contributed by atoms with Crippen LogP contribution in [0.5, 0.6) is 0 Å². The molecule has 1 unspecified atom stereocenters. The van der Waals surface area contributed by atoms with Crippen molar-refractivity contribution >= 4 is 17.6 Å². The fourth-order valence-electron chi connectivity index (χ4n) is 3.82. The first kappa shape index (κ1) is 20.5. The maximum absolute atomic E-state index is 13.5. The van der Waals surface area contributed by atoms with Gasteiger partial charge in [0.2, 0.25) is 0 Å². The summed E-state index contributed by atoms with van der Waals surface area (Å²) < 4.78 is 1.73. The van der Waals surface area contributed by atoms with Crippen molar-refractivity contribution < 1.29 is 0 Å². The average molecular weight is 415 g/mol. The Balaban J connectivity index is 1.87. The molecule has 1 aromatic carbocycles. The highest BCUT2D eigenvalue weighted by atomic mass is 16.1. The van der Waals surface area contributed by atoms with E-state index >= 15 is 0 Å². The zero-order chi connectivity index (χ0) is 21.8. The smallest absolute Gasteiger partial charge is 0.261 e. The molecule has 0 fully saturated rings. The van der Waals surface area contributed by atoms with Crippen molar-refractivity contribution in [2.75, 3.05) is 10.6 Å². The molecule has 0 radical (unpaired) electrons. The van der Waals surface area contributed by atoms with Crippen LogP contribution in [-0.4, -0.2) is 19.5 Å². The van der Waals surface area contributed by atoms with Gasteiger partial charge in [0.05, 0.1) is 23.1 Å². The molecule has 0 aliphatic heterocycles. The van der Waals surface area contributed by atoms with Crippen LogP contribution in [0.2, 0.25) is 0 Å². The molecule has 2 N–H and O–H groups in total.